The predicted octanol–water partition coefficient (Wildman–Crippen LogP) is 1.85. The highest BCUT2D eigenvalue weighted by Crippen LogP contribution is 2.31. The fourth-order valence-corrected chi connectivity index (χ4v) is 3.54. The van der Waals surface area contributed by atoms with Gasteiger partial charge in [-0.25, -0.2) is 0 Å². The van der Waals surface area contributed by atoms with E-state index >= 15 is 0 Å². The second kappa shape index (κ2) is 5.19. The van der Waals surface area contributed by atoms with E-state index in [1.165, 1.54) is 41.9 Å². The molecule has 0 saturated carbocycles. The first-order chi connectivity index (χ1) is 8.74. The minimum Gasteiger partial charge on any atom is -0.367 e. The molecule has 1 aromatic rings. The van der Waals surface area contributed by atoms with Gasteiger partial charge in [0.2, 0.25) is 0 Å². The van der Waals surface area contributed by atoms with Crippen LogP contribution >= 0.6 is 15.9 Å². The van der Waals surface area contributed by atoms with Gasteiger partial charge in [-0.2, -0.15) is 0 Å². The molecule has 2 saturated heterocycles. The van der Waals surface area contributed by atoms with Crippen LogP contribution in [0.4, 0.5) is 5.69 Å². The fourth-order valence-electron chi connectivity index (χ4n) is 2.80. The Morgan fingerprint density at radius 3 is 2.61 bits per heavy atom. The van der Waals surface area contributed by atoms with E-state index in [1.54, 1.807) is 0 Å². The highest BCUT2D eigenvalue weighted by Gasteiger charge is 2.33. The van der Waals surface area contributed by atoms with Crippen LogP contribution in [0.1, 0.15) is 5.56 Å². The topological polar surface area (TPSA) is 18.5 Å². The largest absolute Gasteiger partial charge is 0.367 e. The lowest BCUT2D eigenvalue weighted by molar-refractivity contribution is 0.147. The minimum absolute atomic E-state index is 0.750. The number of anilines is 1. The monoisotopic (exact) mass is 309 g/mol. The Balaban J connectivity index is 1.61. The molecule has 4 heteroatoms. The number of hydrogen-bond acceptors (Lipinski definition) is 3. The first kappa shape index (κ1) is 12.5. The van der Waals surface area contributed by atoms with Crippen molar-refractivity contribution in [3.8, 4) is 0 Å². The number of nitrogens with one attached hydrogen (secondary N) is 1. The van der Waals surface area contributed by atoms with Gasteiger partial charge in [-0.15, -0.1) is 0 Å². The van der Waals surface area contributed by atoms with Crippen LogP contribution in [-0.4, -0.2) is 50.2 Å². The summed E-state index contributed by atoms with van der Waals surface area (Å²) in [4.78, 5) is 5.09. The quantitative estimate of drug-likeness (QED) is 0.899. The van der Waals surface area contributed by atoms with Crippen molar-refractivity contribution in [2.24, 2.45) is 0 Å². The van der Waals surface area contributed by atoms with Crippen molar-refractivity contribution in [1.29, 1.82) is 0 Å². The molecule has 98 valence electrons. The van der Waals surface area contributed by atoms with E-state index in [-0.39, 0.29) is 0 Å². The van der Waals surface area contributed by atoms with Gasteiger partial charge in [0.15, 0.2) is 0 Å². The van der Waals surface area contributed by atoms with E-state index in [0.29, 0.717) is 0 Å². The number of piperazine rings is 1. The fraction of sp³-hybridized carbons (Fsp3) is 0.571. The van der Waals surface area contributed by atoms with Crippen LogP contribution in [0, 0.1) is 6.92 Å². The molecule has 1 N–H and O–H groups in total. The molecule has 0 unspecified atom stereocenters. The lowest BCUT2D eigenvalue weighted by Crippen LogP contribution is -2.63. The molecule has 3 rings (SSSR count). The van der Waals surface area contributed by atoms with Crippen LogP contribution in [0.15, 0.2) is 22.7 Å². The second-order valence-electron chi connectivity index (χ2n) is 5.30. The Morgan fingerprint density at radius 2 is 1.94 bits per heavy atom. The maximum Gasteiger partial charge on any atom is 0.0511 e. The third kappa shape index (κ3) is 2.42. The van der Waals surface area contributed by atoms with Crippen molar-refractivity contribution in [3.05, 3.63) is 28.2 Å². The summed E-state index contributed by atoms with van der Waals surface area (Å²) in [6.45, 7) is 9.16. The number of rotatable bonds is 2. The summed E-state index contributed by atoms with van der Waals surface area (Å²) in [5, 5.41) is 3.41. The summed E-state index contributed by atoms with van der Waals surface area (Å²) in [5.41, 5.74) is 2.65. The van der Waals surface area contributed by atoms with Gasteiger partial charge in [0, 0.05) is 49.8 Å². The summed E-state index contributed by atoms with van der Waals surface area (Å²) in [5.74, 6) is 0. The average molecular weight is 310 g/mol. The molecule has 0 aromatic heterocycles. The molecule has 0 spiro atoms. The first-order valence-corrected chi connectivity index (χ1v) is 7.49. The second-order valence-corrected chi connectivity index (χ2v) is 6.15. The molecular formula is C14H20BrN3. The molecule has 2 fully saturated rings. The van der Waals surface area contributed by atoms with E-state index in [0.717, 1.165) is 19.1 Å². The van der Waals surface area contributed by atoms with Crippen molar-refractivity contribution in [2.75, 3.05) is 44.2 Å². The summed E-state index contributed by atoms with van der Waals surface area (Å²) >= 11 is 3.67. The Morgan fingerprint density at radius 1 is 1.22 bits per heavy atom. The van der Waals surface area contributed by atoms with Gasteiger partial charge in [-0.05, 0) is 40.5 Å². The minimum atomic E-state index is 0.750. The van der Waals surface area contributed by atoms with Gasteiger partial charge in [0.25, 0.3) is 0 Å². The Labute approximate surface area is 117 Å². The third-order valence-corrected chi connectivity index (χ3v) is 4.61. The highest BCUT2D eigenvalue weighted by atomic mass is 79.9. The van der Waals surface area contributed by atoms with E-state index in [9.17, 15) is 0 Å². The molecule has 1 aromatic carbocycles. The number of halogens is 1. The van der Waals surface area contributed by atoms with Crippen LogP contribution in [0.2, 0.25) is 0 Å². The van der Waals surface area contributed by atoms with Crippen molar-refractivity contribution in [1.82, 2.24) is 10.2 Å². The molecule has 0 bridgehead atoms. The van der Waals surface area contributed by atoms with Gasteiger partial charge < -0.3 is 10.2 Å². The summed E-state index contributed by atoms with van der Waals surface area (Å²) in [6, 6.07) is 7.37. The van der Waals surface area contributed by atoms with E-state index < -0.39 is 0 Å². The van der Waals surface area contributed by atoms with E-state index in [4.69, 9.17) is 0 Å². The number of benzene rings is 1. The Kier molecular flexibility index (Phi) is 3.59. The molecule has 3 nitrogen and oxygen atoms in total. The van der Waals surface area contributed by atoms with Crippen LogP contribution in [0.5, 0.6) is 0 Å². The normalized spacial score (nSPS) is 22.0. The molecule has 0 aliphatic carbocycles. The van der Waals surface area contributed by atoms with Crippen molar-refractivity contribution in [3.63, 3.8) is 0 Å². The predicted molar refractivity (Wildman–Crippen MR) is 79.3 cm³/mol. The number of nitrogens with zero attached hydrogens (tertiary/aromatic N) is 2. The van der Waals surface area contributed by atoms with Gasteiger partial charge in [-0.3, -0.25) is 4.90 Å². The zero-order chi connectivity index (χ0) is 12.5. The van der Waals surface area contributed by atoms with E-state index in [2.05, 4.69) is 56.2 Å². The summed E-state index contributed by atoms with van der Waals surface area (Å²) in [7, 11) is 0. The molecular weight excluding hydrogens is 290 g/mol. The van der Waals surface area contributed by atoms with Gasteiger partial charge in [0.1, 0.15) is 0 Å². The smallest absolute Gasteiger partial charge is 0.0511 e. The molecule has 2 heterocycles. The Bertz CT molecular complexity index is 423. The molecule has 0 atom stereocenters. The molecule has 2 aliphatic rings. The van der Waals surface area contributed by atoms with Crippen molar-refractivity contribution >= 4 is 21.6 Å². The number of hydrogen-bond donors (Lipinski definition) is 1. The summed E-state index contributed by atoms with van der Waals surface area (Å²) in [6.07, 6.45) is 0. The average Bonchev–Trinajstić information content (AvgIpc) is 2.31. The maximum atomic E-state index is 3.67. The zero-order valence-electron chi connectivity index (χ0n) is 10.8. The lowest BCUT2D eigenvalue weighted by Gasteiger charge is -2.48. The van der Waals surface area contributed by atoms with Crippen molar-refractivity contribution < 1.29 is 0 Å². The molecule has 0 radical (unpaired) electrons. The number of aryl methyl sites for hydroxylation is 1. The van der Waals surface area contributed by atoms with Gasteiger partial charge in [0.05, 0.1) is 5.69 Å². The van der Waals surface area contributed by atoms with E-state index in [1.807, 2.05) is 0 Å². The van der Waals surface area contributed by atoms with Crippen LogP contribution in [0.25, 0.3) is 0 Å². The Hall–Kier alpha value is -0.580. The first-order valence-electron chi connectivity index (χ1n) is 6.70. The highest BCUT2D eigenvalue weighted by molar-refractivity contribution is 9.10. The van der Waals surface area contributed by atoms with Crippen LogP contribution in [-0.2, 0) is 0 Å². The van der Waals surface area contributed by atoms with Gasteiger partial charge in [-0.1, -0.05) is 6.07 Å². The third-order valence-electron chi connectivity index (χ3n) is 3.97. The van der Waals surface area contributed by atoms with Crippen LogP contribution in [0.3, 0.4) is 0 Å². The molecule has 0 amide bonds. The standard InChI is InChI=1S/C14H20BrN3/c1-11-2-3-14(13(15)8-11)18-9-12(10-18)17-6-4-16-5-7-17/h2-3,8,12,16H,4-7,9-10H2,1H3. The lowest BCUT2D eigenvalue weighted by atomic mass is 10.0. The zero-order valence-corrected chi connectivity index (χ0v) is 12.4. The van der Waals surface area contributed by atoms with Gasteiger partial charge >= 0.3 is 0 Å². The summed E-state index contributed by atoms with van der Waals surface area (Å²) < 4.78 is 1.22. The maximum absolute atomic E-state index is 3.67. The molecule has 18 heavy (non-hydrogen) atoms. The van der Waals surface area contributed by atoms with Crippen molar-refractivity contribution in [2.45, 2.75) is 13.0 Å². The SMILES string of the molecule is Cc1ccc(N2CC(N3CCNCC3)C2)c(Br)c1. The van der Waals surface area contributed by atoms with Crippen LogP contribution < -0.4 is 10.2 Å². The molecule has 2 aliphatic heterocycles.